The van der Waals surface area contributed by atoms with E-state index in [4.69, 9.17) is 9.47 Å². The molecule has 0 spiro atoms. The summed E-state index contributed by atoms with van der Waals surface area (Å²) in [5.74, 6) is 0.215. The van der Waals surface area contributed by atoms with Gasteiger partial charge in [-0.25, -0.2) is 24.5 Å². The van der Waals surface area contributed by atoms with Gasteiger partial charge in [0.25, 0.3) is 0 Å². The molecular formula is C24H35BN4O6. The lowest BCUT2D eigenvalue weighted by Gasteiger charge is -2.36. The molecule has 11 heteroatoms. The largest absolute Gasteiger partial charge is 0.488 e. The summed E-state index contributed by atoms with van der Waals surface area (Å²) in [7, 11) is -1.60. The minimum Gasteiger partial charge on any atom is -0.444 e. The Bertz CT molecular complexity index is 1060. The third kappa shape index (κ3) is 7.53. The van der Waals surface area contributed by atoms with Crippen molar-refractivity contribution in [3.05, 3.63) is 24.4 Å². The van der Waals surface area contributed by atoms with Gasteiger partial charge >= 0.3 is 19.3 Å². The Morgan fingerprint density at radius 2 is 1.66 bits per heavy atom. The molecule has 10 nitrogen and oxygen atoms in total. The maximum Gasteiger partial charge on any atom is 0.488 e. The van der Waals surface area contributed by atoms with Crippen molar-refractivity contribution in [2.45, 2.75) is 90.5 Å². The first kappa shape index (κ1) is 26.7. The number of nitrogens with zero attached hydrogens (tertiary/aromatic N) is 3. The van der Waals surface area contributed by atoms with Crippen molar-refractivity contribution in [1.82, 2.24) is 15.3 Å². The molecule has 3 N–H and O–H groups in total. The second kappa shape index (κ2) is 10.4. The number of alkyl carbamates (subject to hydrolysis) is 1. The molecule has 2 amide bonds. The van der Waals surface area contributed by atoms with Crippen LogP contribution in [0.3, 0.4) is 0 Å². The lowest BCUT2D eigenvalue weighted by atomic mass is 9.80. The fourth-order valence-electron chi connectivity index (χ4n) is 3.98. The zero-order valence-corrected chi connectivity index (χ0v) is 21.2. The van der Waals surface area contributed by atoms with Crippen LogP contribution in [0, 0.1) is 0 Å². The summed E-state index contributed by atoms with van der Waals surface area (Å²) in [6, 6.07) is 4.55. The predicted octanol–water partition coefficient (Wildman–Crippen LogP) is 2.89. The van der Waals surface area contributed by atoms with Crippen LogP contribution in [-0.4, -0.2) is 62.6 Å². The van der Waals surface area contributed by atoms with E-state index in [0.29, 0.717) is 42.0 Å². The number of rotatable bonds is 4. The summed E-state index contributed by atoms with van der Waals surface area (Å²) in [5, 5.41) is 22.4. The monoisotopic (exact) mass is 486 g/mol. The molecule has 1 aromatic carbocycles. The number of anilines is 1. The van der Waals surface area contributed by atoms with Crippen molar-refractivity contribution in [2.24, 2.45) is 0 Å². The molecule has 1 aromatic heterocycles. The van der Waals surface area contributed by atoms with E-state index >= 15 is 0 Å². The van der Waals surface area contributed by atoms with E-state index in [1.807, 2.05) is 20.8 Å². The van der Waals surface area contributed by atoms with Gasteiger partial charge in [-0.2, -0.15) is 0 Å². The molecule has 1 aliphatic rings. The van der Waals surface area contributed by atoms with Crippen LogP contribution in [0.25, 0.3) is 10.9 Å². The second-order valence-electron chi connectivity index (χ2n) is 10.9. The van der Waals surface area contributed by atoms with Gasteiger partial charge in [-0.05, 0) is 78.8 Å². The molecular weight excluding hydrogens is 451 g/mol. The highest BCUT2D eigenvalue weighted by atomic mass is 16.6. The fourth-order valence-corrected chi connectivity index (χ4v) is 3.98. The van der Waals surface area contributed by atoms with Crippen LogP contribution in [0.15, 0.2) is 24.4 Å². The molecule has 1 fully saturated rings. The fraction of sp³-hybridized carbons (Fsp3) is 0.583. The number of nitrogens with one attached hydrogen (secondary N) is 1. The third-order valence-electron chi connectivity index (χ3n) is 5.48. The van der Waals surface area contributed by atoms with Crippen LogP contribution >= 0.6 is 0 Å². The predicted molar refractivity (Wildman–Crippen MR) is 133 cm³/mol. The number of benzene rings is 1. The minimum absolute atomic E-state index is 0.0533. The Morgan fingerprint density at radius 1 is 1.03 bits per heavy atom. The topological polar surface area (TPSA) is 134 Å². The first-order chi connectivity index (χ1) is 16.2. The Hall–Kier alpha value is -2.92. The summed E-state index contributed by atoms with van der Waals surface area (Å²) >= 11 is 0. The summed E-state index contributed by atoms with van der Waals surface area (Å²) < 4.78 is 11.0. The first-order valence-electron chi connectivity index (χ1n) is 11.9. The molecule has 0 unspecified atom stereocenters. The Kier molecular flexibility index (Phi) is 7.91. The molecule has 0 aliphatic heterocycles. The number of fused-ring (bicyclic) bond motifs is 1. The third-order valence-corrected chi connectivity index (χ3v) is 5.48. The van der Waals surface area contributed by atoms with Crippen molar-refractivity contribution in [2.75, 3.05) is 4.90 Å². The minimum atomic E-state index is -1.60. The van der Waals surface area contributed by atoms with Gasteiger partial charge in [-0.1, -0.05) is 12.1 Å². The summed E-state index contributed by atoms with van der Waals surface area (Å²) in [6.07, 6.45) is 3.13. The van der Waals surface area contributed by atoms with E-state index in [2.05, 4.69) is 15.3 Å². The highest BCUT2D eigenvalue weighted by molar-refractivity contribution is 6.58. The van der Waals surface area contributed by atoms with Gasteiger partial charge in [0.05, 0.1) is 5.52 Å². The van der Waals surface area contributed by atoms with Crippen LogP contribution in [-0.2, 0) is 9.47 Å². The standard InChI is InChI=1S/C24H35BN4O6/c1-23(2,3)34-21(30)27-17-8-10-18(11-9-17)29(22(31)35-24(4,5)6)20-26-14-15-13-16(25(32)33)7-12-19(15)28-20/h7,12-14,17-18,32-33H,8-11H2,1-6H3,(H,27,30). The van der Waals surface area contributed by atoms with Crippen LogP contribution in [0.4, 0.5) is 15.5 Å². The molecule has 2 aromatic rings. The molecule has 3 rings (SSSR count). The highest BCUT2D eigenvalue weighted by Gasteiger charge is 2.35. The number of carbonyl (C=O) groups is 2. The smallest absolute Gasteiger partial charge is 0.444 e. The molecule has 1 saturated carbocycles. The highest BCUT2D eigenvalue weighted by Crippen LogP contribution is 2.28. The van der Waals surface area contributed by atoms with E-state index in [9.17, 15) is 19.6 Å². The number of carbonyl (C=O) groups excluding carboxylic acids is 2. The number of aromatic nitrogens is 2. The van der Waals surface area contributed by atoms with E-state index < -0.39 is 30.5 Å². The molecule has 0 atom stereocenters. The number of amides is 2. The second-order valence-corrected chi connectivity index (χ2v) is 10.9. The Morgan fingerprint density at radius 3 is 2.23 bits per heavy atom. The molecule has 0 radical (unpaired) electrons. The summed E-state index contributed by atoms with van der Waals surface area (Å²) in [5.41, 5.74) is -0.381. The van der Waals surface area contributed by atoms with Crippen molar-refractivity contribution >= 4 is 41.6 Å². The van der Waals surface area contributed by atoms with Crippen LogP contribution in [0.5, 0.6) is 0 Å². The number of hydrogen-bond acceptors (Lipinski definition) is 8. The molecule has 0 bridgehead atoms. The Labute approximate surface area is 206 Å². The zero-order chi connectivity index (χ0) is 26.0. The zero-order valence-electron chi connectivity index (χ0n) is 21.2. The van der Waals surface area contributed by atoms with Crippen molar-refractivity contribution < 1.29 is 29.1 Å². The molecule has 1 aliphatic carbocycles. The van der Waals surface area contributed by atoms with Crippen molar-refractivity contribution in [1.29, 1.82) is 0 Å². The molecule has 35 heavy (non-hydrogen) atoms. The van der Waals surface area contributed by atoms with Gasteiger partial charge in [0.1, 0.15) is 11.2 Å². The van der Waals surface area contributed by atoms with E-state index in [0.717, 1.165) is 0 Å². The summed E-state index contributed by atoms with van der Waals surface area (Å²) in [4.78, 5) is 35.8. The van der Waals surface area contributed by atoms with Crippen LogP contribution in [0.1, 0.15) is 67.2 Å². The SMILES string of the molecule is CC(C)(C)OC(=O)NC1CCC(N(C(=O)OC(C)(C)C)c2ncc3cc(B(O)O)ccc3n2)CC1. The van der Waals surface area contributed by atoms with Gasteiger partial charge in [0.2, 0.25) is 5.95 Å². The lowest BCUT2D eigenvalue weighted by molar-refractivity contribution is 0.0474. The summed E-state index contributed by atoms with van der Waals surface area (Å²) in [6.45, 7) is 10.9. The van der Waals surface area contributed by atoms with Gasteiger partial charge in [-0.15, -0.1) is 0 Å². The van der Waals surface area contributed by atoms with Gasteiger partial charge < -0.3 is 24.8 Å². The quantitative estimate of drug-likeness (QED) is 0.562. The van der Waals surface area contributed by atoms with Gasteiger partial charge in [0, 0.05) is 23.7 Å². The van der Waals surface area contributed by atoms with E-state index in [-0.39, 0.29) is 18.0 Å². The van der Waals surface area contributed by atoms with Gasteiger partial charge in [-0.3, -0.25) is 0 Å². The maximum atomic E-state index is 13.2. The van der Waals surface area contributed by atoms with Crippen LogP contribution in [0.2, 0.25) is 0 Å². The van der Waals surface area contributed by atoms with E-state index in [1.54, 1.807) is 45.2 Å². The average Bonchev–Trinajstić information content (AvgIpc) is 2.72. The van der Waals surface area contributed by atoms with Crippen LogP contribution < -0.4 is 15.7 Å². The molecule has 0 saturated heterocycles. The van der Waals surface area contributed by atoms with E-state index in [1.165, 1.54) is 4.90 Å². The molecule has 1 heterocycles. The first-order valence-corrected chi connectivity index (χ1v) is 11.9. The average molecular weight is 486 g/mol. The molecule has 190 valence electrons. The number of ether oxygens (including phenoxy) is 2. The maximum absolute atomic E-state index is 13.2. The van der Waals surface area contributed by atoms with Crippen molar-refractivity contribution in [3.63, 3.8) is 0 Å². The normalized spacial score (nSPS) is 18.6. The Balaban J connectivity index is 1.80. The number of hydrogen-bond donors (Lipinski definition) is 3. The van der Waals surface area contributed by atoms with Crippen molar-refractivity contribution in [3.8, 4) is 0 Å². The van der Waals surface area contributed by atoms with Gasteiger partial charge in [0.15, 0.2) is 0 Å². The lowest BCUT2D eigenvalue weighted by Crippen LogP contribution is -2.49.